The lowest BCUT2D eigenvalue weighted by molar-refractivity contribution is -0.106. The predicted molar refractivity (Wildman–Crippen MR) is 176 cm³/mol. The van der Waals surface area contributed by atoms with Crippen LogP contribution in [-0.4, -0.2) is 22.7 Å². The van der Waals surface area contributed by atoms with E-state index in [1.807, 2.05) is 13.8 Å². The molecule has 4 rings (SSSR count). The van der Waals surface area contributed by atoms with Crippen LogP contribution in [0.3, 0.4) is 0 Å². The zero-order valence-electron chi connectivity index (χ0n) is 27.8. The largest absolute Gasteiger partial charge is 0.372 e. The number of alkyl halides is 1. The fraction of sp³-hybridized carbons (Fsp3) is 0.556. The van der Waals surface area contributed by atoms with Gasteiger partial charge < -0.3 is 16.0 Å². The van der Waals surface area contributed by atoms with Gasteiger partial charge in [-0.1, -0.05) is 72.2 Å². The van der Waals surface area contributed by atoms with Gasteiger partial charge in [-0.15, -0.1) is 0 Å². The van der Waals surface area contributed by atoms with Crippen molar-refractivity contribution in [2.24, 2.45) is 11.5 Å². The lowest BCUT2D eigenvalue weighted by atomic mass is 9.85. The number of nitrogens with two attached hydrogens (primary N) is 2. The van der Waals surface area contributed by atoms with E-state index in [0.717, 1.165) is 6.42 Å². The second-order valence-electron chi connectivity index (χ2n) is 13.0. The molecule has 1 heterocycles. The number of carbonyl (C=O) groups excluding carboxylic acids is 1. The first kappa shape index (κ1) is 36.9. The number of nitrogens with zero attached hydrogens (tertiary/aromatic N) is 2. The van der Waals surface area contributed by atoms with E-state index in [-0.39, 0.29) is 23.3 Å². The molecule has 0 spiro atoms. The first-order valence-corrected chi connectivity index (χ1v) is 15.3. The number of fused-ring (bicyclic) bond motifs is 1. The van der Waals surface area contributed by atoms with Crippen LogP contribution in [0.4, 0.5) is 4.39 Å². The Morgan fingerprint density at radius 3 is 2.02 bits per heavy atom. The highest BCUT2D eigenvalue weighted by molar-refractivity contribution is 5.83. The third kappa shape index (κ3) is 10.3. The Kier molecular flexibility index (Phi) is 13.9. The van der Waals surface area contributed by atoms with Crippen LogP contribution < -0.4 is 11.5 Å². The Morgan fingerprint density at radius 1 is 1.05 bits per heavy atom. The Hall–Kier alpha value is -3.17. The minimum atomic E-state index is -1.00. The molecule has 232 valence electrons. The first-order valence-electron chi connectivity index (χ1n) is 15.3. The van der Waals surface area contributed by atoms with Gasteiger partial charge in [-0.3, -0.25) is 4.79 Å². The van der Waals surface area contributed by atoms with Gasteiger partial charge in [0, 0.05) is 40.0 Å². The number of benzene rings is 2. The van der Waals surface area contributed by atoms with Crippen molar-refractivity contribution >= 4 is 17.3 Å². The summed E-state index contributed by atoms with van der Waals surface area (Å²) in [4.78, 5) is 8.58. The molecule has 1 amide bonds. The number of hydrogen-bond acceptors (Lipinski definition) is 3. The first-order chi connectivity index (χ1) is 19.6. The van der Waals surface area contributed by atoms with Crippen LogP contribution in [0.1, 0.15) is 116 Å². The highest BCUT2D eigenvalue weighted by Gasteiger charge is 2.46. The number of aryl methyl sites for hydroxylation is 2. The van der Waals surface area contributed by atoms with Gasteiger partial charge >= 0.3 is 0 Å². The summed E-state index contributed by atoms with van der Waals surface area (Å²) in [5, 5.41) is 10.4. The van der Waals surface area contributed by atoms with Gasteiger partial charge in [0.1, 0.15) is 5.67 Å². The monoisotopic (exact) mass is 578 g/mol. The summed E-state index contributed by atoms with van der Waals surface area (Å²) in [5.41, 5.74) is 17.9. The molecule has 1 aliphatic carbocycles. The van der Waals surface area contributed by atoms with E-state index < -0.39 is 5.67 Å². The molecule has 1 saturated carbocycles. The van der Waals surface area contributed by atoms with E-state index in [0.29, 0.717) is 13.0 Å². The van der Waals surface area contributed by atoms with Crippen LogP contribution in [0.5, 0.6) is 0 Å². The van der Waals surface area contributed by atoms with Crippen molar-refractivity contribution in [2.75, 3.05) is 0 Å². The average Bonchev–Trinajstić information content (AvgIpc) is 3.62. The normalized spacial score (nSPS) is 14.2. The molecule has 2 aromatic carbocycles. The molecule has 1 aliphatic rings. The van der Waals surface area contributed by atoms with Crippen molar-refractivity contribution in [2.45, 2.75) is 130 Å². The highest BCUT2D eigenvalue weighted by atomic mass is 19.1. The van der Waals surface area contributed by atoms with Crippen molar-refractivity contribution in [1.82, 2.24) is 4.57 Å². The smallest absolute Gasteiger partial charge is 0.204 e. The molecule has 6 heteroatoms. The molecule has 0 radical (unpaired) electrons. The number of amides is 1. The maximum absolute atomic E-state index is 11.7. The molecule has 3 aromatic rings. The van der Waals surface area contributed by atoms with Crippen LogP contribution in [-0.2, 0) is 28.6 Å². The minimum Gasteiger partial charge on any atom is -0.372 e. The lowest BCUT2D eigenvalue weighted by Crippen LogP contribution is -2.28. The number of hydrogen-bond donors (Lipinski definition) is 2. The number of carbonyl (C=O) groups is 1. The van der Waals surface area contributed by atoms with Gasteiger partial charge in [0.05, 0.1) is 12.5 Å². The van der Waals surface area contributed by atoms with Crippen molar-refractivity contribution in [3.63, 3.8) is 0 Å². The summed E-state index contributed by atoms with van der Waals surface area (Å²) < 4.78 is 14.0. The Bertz CT molecular complexity index is 1310. The minimum absolute atomic E-state index is 0.00896. The average molecular weight is 579 g/mol. The molecule has 5 nitrogen and oxygen atoms in total. The van der Waals surface area contributed by atoms with Gasteiger partial charge in [0.2, 0.25) is 6.41 Å². The molecule has 0 saturated heterocycles. The van der Waals surface area contributed by atoms with Crippen LogP contribution >= 0.6 is 0 Å². The van der Waals surface area contributed by atoms with Crippen molar-refractivity contribution in [3.05, 3.63) is 70.4 Å². The number of aromatic nitrogens is 1. The fourth-order valence-electron chi connectivity index (χ4n) is 5.22. The van der Waals surface area contributed by atoms with Gasteiger partial charge in [-0.25, -0.2) is 4.39 Å². The van der Waals surface area contributed by atoms with Gasteiger partial charge in [0.25, 0.3) is 0 Å². The van der Waals surface area contributed by atoms with E-state index in [1.54, 1.807) is 0 Å². The molecular formula is C36H55FN4O. The maximum atomic E-state index is 11.7. The number of primary amides is 1. The SMILES string of the molecule is CC.CC(C)(C)F.CCCc1ccc(C2(c3ccc4c(c3)cc(C(C)(C)C)n4CC(N)CC#N)CC2)cc1C.NC=O. The summed E-state index contributed by atoms with van der Waals surface area (Å²) >= 11 is 0. The van der Waals surface area contributed by atoms with Gasteiger partial charge in [-0.2, -0.15) is 5.26 Å². The molecule has 1 fully saturated rings. The van der Waals surface area contributed by atoms with E-state index in [1.165, 1.54) is 78.9 Å². The predicted octanol–water partition coefficient (Wildman–Crippen LogP) is 8.40. The van der Waals surface area contributed by atoms with E-state index >= 15 is 0 Å². The highest BCUT2D eigenvalue weighted by Crippen LogP contribution is 2.54. The fourth-order valence-corrected chi connectivity index (χ4v) is 5.22. The zero-order chi connectivity index (χ0) is 32.3. The Morgan fingerprint density at radius 2 is 1.57 bits per heavy atom. The molecule has 0 bridgehead atoms. The summed E-state index contributed by atoms with van der Waals surface area (Å²) in [7, 11) is 0. The van der Waals surface area contributed by atoms with E-state index in [2.05, 4.69) is 93.5 Å². The molecule has 42 heavy (non-hydrogen) atoms. The quantitative estimate of drug-likeness (QED) is 0.275. The molecule has 4 N–H and O–H groups in total. The number of rotatable bonds is 7. The summed E-state index contributed by atoms with van der Waals surface area (Å²) in [5.74, 6) is 0. The van der Waals surface area contributed by atoms with Gasteiger partial charge in [-0.05, 0) is 87.4 Å². The van der Waals surface area contributed by atoms with Crippen LogP contribution in [0.15, 0.2) is 42.5 Å². The van der Waals surface area contributed by atoms with Crippen LogP contribution in [0.25, 0.3) is 10.9 Å². The summed E-state index contributed by atoms with van der Waals surface area (Å²) in [6.07, 6.45) is 5.39. The number of nitriles is 1. The molecule has 0 aliphatic heterocycles. The third-order valence-electron chi connectivity index (χ3n) is 7.16. The zero-order valence-corrected chi connectivity index (χ0v) is 27.8. The second-order valence-corrected chi connectivity index (χ2v) is 13.0. The van der Waals surface area contributed by atoms with Crippen molar-refractivity contribution in [3.8, 4) is 6.07 Å². The summed E-state index contributed by atoms with van der Waals surface area (Å²) in [6.45, 7) is 20.5. The molecule has 1 atom stereocenters. The van der Waals surface area contributed by atoms with E-state index in [4.69, 9.17) is 15.8 Å². The summed E-state index contributed by atoms with van der Waals surface area (Å²) in [6, 6.07) is 18.5. The van der Waals surface area contributed by atoms with Crippen LogP contribution in [0, 0.1) is 18.3 Å². The second kappa shape index (κ2) is 15.9. The lowest BCUT2D eigenvalue weighted by Gasteiger charge is -2.23. The third-order valence-corrected chi connectivity index (χ3v) is 7.16. The molecule has 1 aromatic heterocycles. The number of halogens is 1. The van der Waals surface area contributed by atoms with Gasteiger partial charge in [0.15, 0.2) is 0 Å². The maximum Gasteiger partial charge on any atom is 0.204 e. The Balaban J connectivity index is 0.000000774. The topological polar surface area (TPSA) is 97.8 Å². The molecule has 1 unspecified atom stereocenters. The Labute approximate surface area is 254 Å². The standard InChI is InChI=1S/C29H37N3.C4H9F.C2H6.CH3NO/c1-6-7-21-8-9-23(16-20(21)2)29(13-14-29)24-10-11-26-22(17-24)18-27(28(3,4)5)32(26)19-25(31)12-15-30;1-4(2,3)5;1-2;2-1-3/h8-11,16-18,25H,6-7,12-14,19,31H2,1-5H3;1-3H3;1-2H3;1H,(H2,2,3). The van der Waals surface area contributed by atoms with Crippen LogP contribution in [0.2, 0.25) is 0 Å². The van der Waals surface area contributed by atoms with Crippen molar-refractivity contribution in [1.29, 1.82) is 5.26 Å². The molecular weight excluding hydrogens is 523 g/mol. The van der Waals surface area contributed by atoms with Crippen molar-refractivity contribution < 1.29 is 9.18 Å². The van der Waals surface area contributed by atoms with E-state index in [9.17, 15) is 4.39 Å².